The van der Waals surface area contributed by atoms with Crippen LogP contribution in [0.15, 0.2) is 42.6 Å². The smallest absolute Gasteiger partial charge is 0.250 e. The van der Waals surface area contributed by atoms with E-state index in [2.05, 4.69) is 65.1 Å². The Balaban J connectivity index is 2.09. The summed E-state index contributed by atoms with van der Waals surface area (Å²) in [6, 6.07) is 12.5. The van der Waals surface area contributed by atoms with E-state index in [-0.39, 0.29) is 5.04 Å². The Kier molecular flexibility index (Phi) is 6.51. The van der Waals surface area contributed by atoms with Crippen molar-refractivity contribution in [1.29, 1.82) is 0 Å². The molecule has 1 heterocycles. The number of benzene rings is 1. The van der Waals surface area contributed by atoms with E-state index >= 15 is 0 Å². The molecule has 0 N–H and O–H groups in total. The van der Waals surface area contributed by atoms with Crippen LogP contribution in [0.3, 0.4) is 0 Å². The molecule has 3 nitrogen and oxygen atoms in total. The van der Waals surface area contributed by atoms with Crippen molar-refractivity contribution in [3.05, 3.63) is 53.9 Å². The zero-order chi connectivity index (χ0) is 19.4. The lowest BCUT2D eigenvalue weighted by atomic mass is 9.93. The highest BCUT2D eigenvalue weighted by atomic mass is 28.4. The van der Waals surface area contributed by atoms with Crippen LogP contribution < -0.4 is 9.16 Å². The number of rotatable bonds is 7. The van der Waals surface area contributed by atoms with E-state index in [1.54, 1.807) is 7.11 Å². The van der Waals surface area contributed by atoms with Gasteiger partial charge in [0.15, 0.2) is 0 Å². The van der Waals surface area contributed by atoms with E-state index in [9.17, 15) is 0 Å². The van der Waals surface area contributed by atoms with Crippen LogP contribution in [-0.2, 0) is 6.42 Å². The Morgan fingerprint density at radius 3 is 2.08 bits per heavy atom. The van der Waals surface area contributed by atoms with E-state index in [0.29, 0.717) is 5.92 Å². The predicted octanol–water partition coefficient (Wildman–Crippen LogP) is 6.21. The van der Waals surface area contributed by atoms with Crippen LogP contribution in [0, 0.1) is 0 Å². The molecule has 0 fully saturated rings. The Morgan fingerprint density at radius 2 is 1.62 bits per heavy atom. The molecule has 0 radical (unpaired) electrons. The standard InChI is InChI=1S/C22H33NO2Si/c1-8-18(15-17-9-11-19(24-5)12-10-17)21-14-13-20(16-23-21)25-26(6,7)22(2,3)4/h9-14,16,18H,8,15H2,1-7H3. The molecule has 0 saturated heterocycles. The molecule has 0 bridgehead atoms. The molecule has 1 aromatic carbocycles. The second-order valence-corrected chi connectivity index (χ2v) is 13.2. The molecule has 0 aliphatic heterocycles. The van der Waals surface area contributed by atoms with Crippen LogP contribution in [0.5, 0.6) is 11.5 Å². The number of hydrogen-bond donors (Lipinski definition) is 0. The molecule has 0 aliphatic carbocycles. The first-order valence-electron chi connectivity index (χ1n) is 9.44. The number of nitrogens with zero attached hydrogens (tertiary/aromatic N) is 1. The van der Waals surface area contributed by atoms with E-state index in [1.807, 2.05) is 18.3 Å². The van der Waals surface area contributed by atoms with Crippen LogP contribution in [0.4, 0.5) is 0 Å². The largest absolute Gasteiger partial charge is 0.542 e. The van der Waals surface area contributed by atoms with E-state index < -0.39 is 8.32 Å². The molecule has 2 rings (SSSR count). The maximum atomic E-state index is 6.34. The van der Waals surface area contributed by atoms with Crippen LogP contribution in [0.1, 0.15) is 51.3 Å². The van der Waals surface area contributed by atoms with Gasteiger partial charge in [0.25, 0.3) is 8.32 Å². The summed E-state index contributed by atoms with van der Waals surface area (Å²) < 4.78 is 11.6. The van der Waals surface area contributed by atoms with Crippen LogP contribution in [-0.4, -0.2) is 20.4 Å². The van der Waals surface area contributed by atoms with Crippen LogP contribution >= 0.6 is 0 Å². The summed E-state index contributed by atoms with van der Waals surface area (Å²) in [6.45, 7) is 13.5. The monoisotopic (exact) mass is 371 g/mol. The van der Waals surface area contributed by atoms with Crippen molar-refractivity contribution in [3.8, 4) is 11.5 Å². The summed E-state index contributed by atoms with van der Waals surface area (Å²) in [4.78, 5) is 4.72. The molecule has 0 saturated carbocycles. The molecule has 1 atom stereocenters. The van der Waals surface area contributed by atoms with Gasteiger partial charge >= 0.3 is 0 Å². The van der Waals surface area contributed by atoms with Crippen molar-refractivity contribution >= 4 is 8.32 Å². The molecule has 142 valence electrons. The van der Waals surface area contributed by atoms with Crippen molar-refractivity contribution in [2.75, 3.05) is 7.11 Å². The summed E-state index contributed by atoms with van der Waals surface area (Å²) in [5.74, 6) is 2.19. The van der Waals surface area contributed by atoms with Gasteiger partial charge in [-0.2, -0.15) is 0 Å². The summed E-state index contributed by atoms with van der Waals surface area (Å²) in [5, 5.41) is 0.186. The first kappa shape index (κ1) is 20.5. The Morgan fingerprint density at radius 1 is 1.00 bits per heavy atom. The highest BCUT2D eigenvalue weighted by Crippen LogP contribution is 2.37. The number of methoxy groups -OCH3 is 1. The van der Waals surface area contributed by atoms with Crippen molar-refractivity contribution in [3.63, 3.8) is 0 Å². The molecule has 1 aromatic heterocycles. The molecule has 0 aliphatic rings. The molecule has 4 heteroatoms. The van der Waals surface area contributed by atoms with Gasteiger partial charge in [-0.1, -0.05) is 39.8 Å². The second kappa shape index (κ2) is 8.25. The number of hydrogen-bond acceptors (Lipinski definition) is 3. The summed E-state index contributed by atoms with van der Waals surface area (Å²) in [6.07, 6.45) is 3.93. The van der Waals surface area contributed by atoms with Gasteiger partial charge < -0.3 is 9.16 Å². The van der Waals surface area contributed by atoms with E-state index in [0.717, 1.165) is 30.0 Å². The summed E-state index contributed by atoms with van der Waals surface area (Å²) in [7, 11) is -0.125. The fourth-order valence-corrected chi connectivity index (χ4v) is 3.66. The highest BCUT2D eigenvalue weighted by Gasteiger charge is 2.39. The Hall–Kier alpha value is -1.81. The third-order valence-electron chi connectivity index (χ3n) is 5.49. The second-order valence-electron chi connectivity index (χ2n) is 8.44. The third kappa shape index (κ3) is 5.10. The summed E-state index contributed by atoms with van der Waals surface area (Å²) in [5.41, 5.74) is 2.44. The highest BCUT2D eigenvalue weighted by molar-refractivity contribution is 6.74. The fourth-order valence-electron chi connectivity index (χ4n) is 2.65. The minimum atomic E-state index is -1.82. The van der Waals surface area contributed by atoms with Gasteiger partial charge in [0.1, 0.15) is 11.5 Å². The van der Waals surface area contributed by atoms with Crippen LogP contribution in [0.2, 0.25) is 18.1 Å². The average molecular weight is 372 g/mol. The summed E-state index contributed by atoms with van der Waals surface area (Å²) >= 11 is 0. The number of aromatic nitrogens is 1. The molecular formula is C22H33NO2Si. The van der Waals surface area contributed by atoms with Crippen molar-refractivity contribution < 1.29 is 9.16 Å². The molecule has 1 unspecified atom stereocenters. The lowest BCUT2D eigenvalue weighted by molar-refractivity contribution is 0.414. The molecule has 2 aromatic rings. The average Bonchev–Trinajstić information content (AvgIpc) is 2.60. The number of ether oxygens (including phenoxy) is 1. The topological polar surface area (TPSA) is 31.4 Å². The van der Waals surface area contributed by atoms with Gasteiger partial charge in [0.2, 0.25) is 0 Å². The zero-order valence-corrected chi connectivity index (χ0v) is 18.3. The molecule has 0 spiro atoms. The fraction of sp³-hybridized carbons (Fsp3) is 0.500. The van der Waals surface area contributed by atoms with Crippen molar-refractivity contribution in [2.45, 2.75) is 64.6 Å². The first-order chi connectivity index (χ1) is 12.2. The third-order valence-corrected chi connectivity index (χ3v) is 9.85. The van der Waals surface area contributed by atoms with Crippen molar-refractivity contribution in [1.82, 2.24) is 4.98 Å². The minimum absolute atomic E-state index is 0.186. The minimum Gasteiger partial charge on any atom is -0.542 e. The lowest BCUT2D eigenvalue weighted by Gasteiger charge is -2.36. The first-order valence-corrected chi connectivity index (χ1v) is 12.3. The maximum Gasteiger partial charge on any atom is 0.250 e. The van der Waals surface area contributed by atoms with Gasteiger partial charge in [0, 0.05) is 11.6 Å². The van der Waals surface area contributed by atoms with E-state index in [1.165, 1.54) is 5.56 Å². The maximum absolute atomic E-state index is 6.34. The quantitative estimate of drug-likeness (QED) is 0.542. The normalized spacial score (nSPS) is 13.3. The van der Waals surface area contributed by atoms with Gasteiger partial charge in [0.05, 0.1) is 13.3 Å². The van der Waals surface area contributed by atoms with Gasteiger partial charge in [-0.15, -0.1) is 0 Å². The molecule has 26 heavy (non-hydrogen) atoms. The predicted molar refractivity (Wildman–Crippen MR) is 112 cm³/mol. The number of pyridine rings is 1. The SMILES string of the molecule is CCC(Cc1ccc(OC)cc1)c1ccc(O[Si](C)(C)C(C)(C)C)cn1. The van der Waals surface area contributed by atoms with Crippen molar-refractivity contribution in [2.24, 2.45) is 0 Å². The Bertz CT molecular complexity index is 688. The van der Waals surface area contributed by atoms with E-state index in [4.69, 9.17) is 14.1 Å². The van der Waals surface area contributed by atoms with Crippen LogP contribution in [0.25, 0.3) is 0 Å². The molecular weight excluding hydrogens is 338 g/mol. The van der Waals surface area contributed by atoms with Gasteiger partial charge in [-0.25, -0.2) is 0 Å². The van der Waals surface area contributed by atoms with Gasteiger partial charge in [-0.3, -0.25) is 4.98 Å². The van der Waals surface area contributed by atoms with Gasteiger partial charge in [-0.05, 0) is 60.8 Å². The zero-order valence-electron chi connectivity index (χ0n) is 17.3. The Labute approximate surface area is 159 Å². The lowest BCUT2D eigenvalue weighted by Crippen LogP contribution is -2.43. The molecule has 0 amide bonds.